The molecule has 0 spiro atoms. The third kappa shape index (κ3) is 26.3. The molecule has 36 heavy (non-hydrogen) atoms. The molecule has 1 atom stereocenters. The number of unbranched alkanes of at least 4 members (excludes halogenated alkanes) is 20. The first-order chi connectivity index (χ1) is 17.8. The Morgan fingerprint density at radius 3 is 1.31 bits per heavy atom. The minimum absolute atomic E-state index is 0.0899. The lowest BCUT2D eigenvalue weighted by molar-refractivity contribution is -0.149. The Morgan fingerprint density at radius 1 is 0.500 bits per heavy atom. The van der Waals surface area contributed by atoms with Crippen molar-refractivity contribution in [1.29, 1.82) is 0 Å². The van der Waals surface area contributed by atoms with Crippen LogP contribution in [-0.4, -0.2) is 12.6 Å². The molecule has 1 unspecified atom stereocenters. The number of carbonyl (C=O) groups excluding carboxylic acids is 1. The Balaban J connectivity index is 3.97. The first kappa shape index (κ1) is 35.2. The van der Waals surface area contributed by atoms with Gasteiger partial charge in [-0.3, -0.25) is 4.79 Å². The molecule has 0 heterocycles. The van der Waals surface area contributed by atoms with E-state index in [1.807, 2.05) is 0 Å². The molecule has 0 aliphatic carbocycles. The summed E-state index contributed by atoms with van der Waals surface area (Å²) < 4.78 is 5.69. The van der Waals surface area contributed by atoms with Crippen LogP contribution in [0, 0.1) is 5.92 Å². The van der Waals surface area contributed by atoms with Crippen molar-refractivity contribution < 1.29 is 9.53 Å². The van der Waals surface area contributed by atoms with Crippen LogP contribution in [0.4, 0.5) is 0 Å². The molecule has 0 aromatic heterocycles. The lowest BCUT2D eigenvalue weighted by Gasteiger charge is -2.16. The Morgan fingerprint density at radius 2 is 0.861 bits per heavy atom. The molecule has 0 aliphatic heterocycles. The second-order valence-electron chi connectivity index (χ2n) is 11.2. The molecule has 0 bridgehead atoms. The summed E-state index contributed by atoms with van der Waals surface area (Å²) in [4.78, 5) is 12.7. The lowest BCUT2D eigenvalue weighted by Crippen LogP contribution is -2.18. The quantitative estimate of drug-likeness (QED) is 0.0572. The van der Waals surface area contributed by atoms with E-state index in [1.54, 1.807) is 0 Å². The van der Waals surface area contributed by atoms with E-state index in [0.29, 0.717) is 6.61 Å². The Kier molecular flexibility index (Phi) is 29.8. The number of carbonyl (C=O) groups is 1. The van der Waals surface area contributed by atoms with Gasteiger partial charge in [0.05, 0.1) is 12.5 Å². The van der Waals surface area contributed by atoms with E-state index in [1.165, 1.54) is 148 Å². The smallest absolute Gasteiger partial charge is 0.308 e. The predicted molar refractivity (Wildman–Crippen MR) is 161 cm³/mol. The van der Waals surface area contributed by atoms with Gasteiger partial charge in [-0.15, -0.1) is 0 Å². The van der Waals surface area contributed by atoms with Crippen LogP contribution >= 0.6 is 0 Å². The summed E-state index contributed by atoms with van der Waals surface area (Å²) >= 11 is 0. The fraction of sp³-hybridized carbons (Fsp3) is 0.912. The van der Waals surface area contributed by atoms with Gasteiger partial charge in [0, 0.05) is 0 Å². The van der Waals surface area contributed by atoms with Crippen molar-refractivity contribution in [3.05, 3.63) is 12.2 Å². The van der Waals surface area contributed by atoms with Gasteiger partial charge < -0.3 is 4.74 Å². The lowest BCUT2D eigenvalue weighted by atomic mass is 9.94. The minimum atomic E-state index is 0.0899. The average molecular weight is 507 g/mol. The van der Waals surface area contributed by atoms with Crippen molar-refractivity contribution in [2.24, 2.45) is 5.92 Å². The highest BCUT2D eigenvalue weighted by Crippen LogP contribution is 2.21. The molecular formula is C34H66O2. The van der Waals surface area contributed by atoms with Crippen molar-refractivity contribution >= 4 is 5.97 Å². The van der Waals surface area contributed by atoms with Gasteiger partial charge in [0.15, 0.2) is 0 Å². The molecule has 0 amide bonds. The van der Waals surface area contributed by atoms with E-state index < -0.39 is 0 Å². The molecule has 0 aromatic carbocycles. The summed E-state index contributed by atoms with van der Waals surface area (Å²) in [5.74, 6) is 0.223. The van der Waals surface area contributed by atoms with Crippen LogP contribution in [0.5, 0.6) is 0 Å². The monoisotopic (exact) mass is 507 g/mol. The maximum atomic E-state index is 12.7. The zero-order valence-electron chi connectivity index (χ0n) is 25.1. The number of rotatable bonds is 29. The van der Waals surface area contributed by atoms with Gasteiger partial charge in [-0.2, -0.15) is 0 Å². The summed E-state index contributed by atoms with van der Waals surface area (Å²) in [5.41, 5.74) is 0. The van der Waals surface area contributed by atoms with E-state index in [4.69, 9.17) is 4.74 Å². The van der Waals surface area contributed by atoms with Gasteiger partial charge in [0.25, 0.3) is 0 Å². The van der Waals surface area contributed by atoms with Gasteiger partial charge in [0.2, 0.25) is 0 Å². The zero-order valence-corrected chi connectivity index (χ0v) is 25.1. The van der Waals surface area contributed by atoms with Crippen molar-refractivity contribution in [3.63, 3.8) is 0 Å². The Hall–Kier alpha value is -0.790. The van der Waals surface area contributed by atoms with E-state index in [0.717, 1.165) is 19.3 Å². The predicted octanol–water partition coefficient (Wildman–Crippen LogP) is 11.9. The van der Waals surface area contributed by atoms with Gasteiger partial charge in [-0.25, -0.2) is 0 Å². The fourth-order valence-corrected chi connectivity index (χ4v) is 5.01. The fourth-order valence-electron chi connectivity index (χ4n) is 5.01. The second kappa shape index (κ2) is 30.4. The molecule has 0 radical (unpaired) electrons. The molecule has 0 saturated carbocycles. The van der Waals surface area contributed by atoms with Crippen molar-refractivity contribution in [1.82, 2.24) is 0 Å². The van der Waals surface area contributed by atoms with Gasteiger partial charge in [0.1, 0.15) is 0 Å². The summed E-state index contributed by atoms with van der Waals surface area (Å²) in [7, 11) is 0. The normalized spacial score (nSPS) is 12.4. The van der Waals surface area contributed by atoms with Crippen LogP contribution in [-0.2, 0) is 9.53 Å². The zero-order chi connectivity index (χ0) is 26.4. The summed E-state index contributed by atoms with van der Waals surface area (Å²) in [5, 5.41) is 0. The molecule has 0 rings (SSSR count). The van der Waals surface area contributed by atoms with Crippen LogP contribution < -0.4 is 0 Å². The van der Waals surface area contributed by atoms with Gasteiger partial charge in [-0.05, 0) is 44.9 Å². The molecule has 214 valence electrons. The van der Waals surface area contributed by atoms with E-state index in [2.05, 4.69) is 32.9 Å². The molecular weight excluding hydrogens is 440 g/mol. The first-order valence-electron chi connectivity index (χ1n) is 16.6. The molecule has 0 aliphatic rings. The average Bonchev–Trinajstić information content (AvgIpc) is 2.88. The number of hydrogen-bond donors (Lipinski definition) is 0. The highest BCUT2D eigenvalue weighted by molar-refractivity contribution is 5.72. The van der Waals surface area contributed by atoms with Crippen LogP contribution in [0.1, 0.15) is 188 Å². The summed E-state index contributed by atoms with van der Waals surface area (Å²) in [6, 6.07) is 0. The number of allylic oxidation sites excluding steroid dienone is 2. The van der Waals surface area contributed by atoms with E-state index >= 15 is 0 Å². The highest BCUT2D eigenvalue weighted by atomic mass is 16.5. The largest absolute Gasteiger partial charge is 0.465 e. The summed E-state index contributed by atoms with van der Waals surface area (Å²) in [6.45, 7) is 7.40. The van der Waals surface area contributed by atoms with Crippen LogP contribution in [0.3, 0.4) is 0 Å². The maximum absolute atomic E-state index is 12.7. The van der Waals surface area contributed by atoms with Crippen molar-refractivity contribution in [3.8, 4) is 0 Å². The van der Waals surface area contributed by atoms with E-state index in [9.17, 15) is 4.79 Å². The molecule has 0 saturated heterocycles. The van der Waals surface area contributed by atoms with Crippen LogP contribution in [0.25, 0.3) is 0 Å². The molecule has 0 N–H and O–H groups in total. The highest BCUT2D eigenvalue weighted by Gasteiger charge is 2.19. The topological polar surface area (TPSA) is 26.3 Å². The van der Waals surface area contributed by atoms with Crippen LogP contribution in [0.15, 0.2) is 12.2 Å². The summed E-state index contributed by atoms with van der Waals surface area (Å²) in [6.07, 6.45) is 37.9. The third-order valence-electron chi connectivity index (χ3n) is 7.55. The SMILES string of the molecule is CCCCCCCCC=CCCCCCCC(CCCCCCCCCC)C(=O)OCCCCCC. The van der Waals surface area contributed by atoms with Crippen LogP contribution in [0.2, 0.25) is 0 Å². The standard InChI is InChI=1S/C34H66O2/c1-4-7-10-13-15-17-18-19-20-21-22-24-26-28-31-33(34(35)36-32-29-12-9-6-3)30-27-25-23-16-14-11-8-5-2/h19-20,33H,4-18,21-32H2,1-3H3. The number of ether oxygens (including phenoxy) is 1. The number of esters is 1. The molecule has 0 aromatic rings. The number of hydrogen-bond acceptors (Lipinski definition) is 2. The minimum Gasteiger partial charge on any atom is -0.465 e. The Bertz CT molecular complexity index is 456. The second-order valence-corrected chi connectivity index (χ2v) is 11.2. The van der Waals surface area contributed by atoms with Crippen molar-refractivity contribution in [2.75, 3.05) is 6.61 Å². The van der Waals surface area contributed by atoms with Gasteiger partial charge in [-0.1, -0.05) is 155 Å². The van der Waals surface area contributed by atoms with Crippen molar-refractivity contribution in [2.45, 2.75) is 188 Å². The molecule has 2 heteroatoms. The first-order valence-corrected chi connectivity index (χ1v) is 16.6. The third-order valence-corrected chi connectivity index (χ3v) is 7.55. The molecule has 0 fully saturated rings. The maximum Gasteiger partial charge on any atom is 0.308 e. The molecule has 2 nitrogen and oxygen atoms in total. The van der Waals surface area contributed by atoms with Gasteiger partial charge >= 0.3 is 5.97 Å². The Labute approximate surface area is 227 Å². The van der Waals surface area contributed by atoms with E-state index in [-0.39, 0.29) is 11.9 Å².